The molecule has 19 heavy (non-hydrogen) atoms. The van der Waals surface area contributed by atoms with Crippen molar-refractivity contribution in [2.24, 2.45) is 0 Å². The molecule has 0 unspecified atom stereocenters. The smallest absolute Gasteiger partial charge is 0.382 e. The molecule has 114 valence electrons. The minimum Gasteiger partial charge on any atom is -0.382 e. The second-order valence-electron chi connectivity index (χ2n) is 3.09. The first kappa shape index (κ1) is 18.7. The third-order valence-corrected chi connectivity index (χ3v) is 2.64. The second-order valence-corrected chi connectivity index (χ2v) is 4.54. The van der Waals surface area contributed by atoms with Gasteiger partial charge in [0.2, 0.25) is 0 Å². The second kappa shape index (κ2) is 12.7. The van der Waals surface area contributed by atoms with E-state index in [-0.39, 0.29) is 33.0 Å². The Bertz CT molecular complexity index is 254. The van der Waals surface area contributed by atoms with Crippen molar-refractivity contribution in [1.82, 2.24) is 0 Å². The van der Waals surface area contributed by atoms with Crippen LogP contribution in [0.4, 0.5) is 0 Å². The molecule has 8 nitrogen and oxygen atoms in total. The molecule has 0 atom stereocenters. The molecule has 0 bridgehead atoms. The Labute approximate surface area is 113 Å². The quantitative estimate of drug-likeness (QED) is 0.168. The predicted octanol–water partition coefficient (Wildman–Crippen LogP) is 1.88. The molecule has 0 heterocycles. The highest BCUT2D eigenvalue weighted by Gasteiger charge is 2.30. The van der Waals surface area contributed by atoms with Crippen molar-refractivity contribution in [1.29, 1.82) is 0 Å². The Morgan fingerprint density at radius 1 is 0.947 bits per heavy atom. The first-order valence-corrected chi connectivity index (χ1v) is 7.10. The number of hydrogen-bond acceptors (Lipinski definition) is 8. The molecule has 0 saturated heterocycles. The van der Waals surface area contributed by atoms with Gasteiger partial charge in [-0.2, -0.15) is 0 Å². The van der Waals surface area contributed by atoms with Crippen LogP contribution >= 0.6 is 7.82 Å². The molecule has 0 aromatic rings. The molecule has 0 N–H and O–H groups in total. The van der Waals surface area contributed by atoms with Crippen LogP contribution in [0.3, 0.4) is 0 Å². The molecule has 0 amide bonds. The first-order valence-electron chi connectivity index (χ1n) is 5.64. The van der Waals surface area contributed by atoms with Gasteiger partial charge in [0.25, 0.3) is 0 Å². The summed E-state index contributed by atoms with van der Waals surface area (Å²) in [5.74, 6) is 0. The highest BCUT2D eigenvalue weighted by atomic mass is 31.2. The molecule has 0 spiro atoms. The van der Waals surface area contributed by atoms with Gasteiger partial charge in [0, 0.05) is 14.2 Å². The number of ether oxygens (including phenoxy) is 2. The molecule has 0 aliphatic rings. The summed E-state index contributed by atoms with van der Waals surface area (Å²) in [4.78, 5) is 9.31. The summed E-state index contributed by atoms with van der Waals surface area (Å²) in [6, 6.07) is 0. The Kier molecular flexibility index (Phi) is 12.5. The molecular weight excluding hydrogens is 279 g/mol. The zero-order valence-corrected chi connectivity index (χ0v) is 12.3. The zero-order valence-electron chi connectivity index (χ0n) is 11.4. The van der Waals surface area contributed by atoms with E-state index in [1.54, 1.807) is 19.1 Å². The van der Waals surface area contributed by atoms with Crippen molar-refractivity contribution in [3.63, 3.8) is 0 Å². The lowest BCUT2D eigenvalue weighted by molar-refractivity contribution is -0.285. The minimum atomic E-state index is -3.94. The van der Waals surface area contributed by atoms with Crippen LogP contribution in [0.25, 0.3) is 0 Å². The summed E-state index contributed by atoms with van der Waals surface area (Å²) >= 11 is 0. The van der Waals surface area contributed by atoms with Gasteiger partial charge in [-0.15, -0.1) is 9.35 Å². The van der Waals surface area contributed by atoms with Gasteiger partial charge in [-0.1, -0.05) is 12.2 Å². The van der Waals surface area contributed by atoms with Crippen LogP contribution in [-0.2, 0) is 37.7 Å². The van der Waals surface area contributed by atoms with Crippen molar-refractivity contribution >= 4 is 7.82 Å². The fourth-order valence-electron chi connectivity index (χ4n) is 0.724. The largest absolute Gasteiger partial charge is 0.529 e. The van der Waals surface area contributed by atoms with Crippen LogP contribution in [-0.4, -0.2) is 47.3 Å². The molecule has 0 radical (unpaired) electrons. The summed E-state index contributed by atoms with van der Waals surface area (Å²) in [5.41, 5.74) is 0. The fourth-order valence-corrected chi connectivity index (χ4v) is 1.51. The lowest BCUT2D eigenvalue weighted by atomic mass is 10.6. The molecule has 0 saturated carbocycles. The van der Waals surface area contributed by atoms with Gasteiger partial charge in [0.15, 0.2) is 0 Å². The Balaban J connectivity index is 4.07. The summed E-state index contributed by atoms with van der Waals surface area (Å²) in [7, 11) is -0.944. The van der Waals surface area contributed by atoms with Crippen LogP contribution < -0.4 is 0 Å². The van der Waals surface area contributed by atoms with Crippen molar-refractivity contribution in [2.75, 3.05) is 47.3 Å². The van der Waals surface area contributed by atoms with E-state index in [4.69, 9.17) is 14.0 Å². The maximum absolute atomic E-state index is 12.0. The Morgan fingerprint density at radius 2 is 1.47 bits per heavy atom. The van der Waals surface area contributed by atoms with E-state index < -0.39 is 7.82 Å². The highest BCUT2D eigenvalue weighted by Crippen LogP contribution is 2.49. The highest BCUT2D eigenvalue weighted by molar-refractivity contribution is 7.48. The molecule has 0 aromatic heterocycles. The monoisotopic (exact) mass is 300 g/mol. The predicted molar refractivity (Wildman–Crippen MR) is 66.2 cm³/mol. The maximum Gasteiger partial charge on any atom is 0.529 e. The fraction of sp³-hybridized carbons (Fsp3) is 0.800. The summed E-state index contributed by atoms with van der Waals surface area (Å²) in [5, 5.41) is 0. The summed E-state index contributed by atoms with van der Waals surface area (Å²) < 4.78 is 35.6. The molecule has 0 aromatic carbocycles. The van der Waals surface area contributed by atoms with Gasteiger partial charge >= 0.3 is 7.82 Å². The Morgan fingerprint density at radius 3 is 1.89 bits per heavy atom. The maximum atomic E-state index is 12.0. The van der Waals surface area contributed by atoms with Crippen LogP contribution in [0.1, 0.15) is 6.92 Å². The van der Waals surface area contributed by atoms with Crippen LogP contribution in [0.2, 0.25) is 0 Å². The van der Waals surface area contributed by atoms with E-state index in [0.717, 1.165) is 0 Å². The number of methoxy groups -OCH3 is 2. The average molecular weight is 300 g/mol. The normalized spacial score (nSPS) is 12.4. The molecular formula is C10H21O8P. The van der Waals surface area contributed by atoms with E-state index >= 15 is 0 Å². The van der Waals surface area contributed by atoms with Crippen molar-refractivity contribution in [2.45, 2.75) is 6.92 Å². The molecule has 0 rings (SSSR count). The first-order chi connectivity index (χ1) is 9.18. The lowest BCUT2D eigenvalue weighted by Crippen LogP contribution is -2.08. The summed E-state index contributed by atoms with van der Waals surface area (Å²) in [6.07, 6.45) is 3.35. The van der Waals surface area contributed by atoms with Gasteiger partial charge in [0.1, 0.15) is 13.2 Å². The van der Waals surface area contributed by atoms with Crippen molar-refractivity contribution < 1.29 is 37.7 Å². The van der Waals surface area contributed by atoms with E-state index in [1.807, 2.05) is 0 Å². The molecule has 0 fully saturated rings. The number of phosphoric acid groups is 1. The van der Waals surface area contributed by atoms with Gasteiger partial charge in [-0.3, -0.25) is 4.52 Å². The van der Waals surface area contributed by atoms with Crippen molar-refractivity contribution in [3.05, 3.63) is 12.2 Å². The topological polar surface area (TPSA) is 81.7 Å². The summed E-state index contributed by atoms with van der Waals surface area (Å²) in [6.45, 7) is 2.54. The molecule has 0 aliphatic heterocycles. The van der Waals surface area contributed by atoms with E-state index in [9.17, 15) is 4.57 Å². The van der Waals surface area contributed by atoms with E-state index in [0.29, 0.717) is 0 Å². The van der Waals surface area contributed by atoms with Gasteiger partial charge in [-0.05, 0) is 6.92 Å². The Hall–Kier alpha value is -0.310. The van der Waals surface area contributed by atoms with E-state index in [2.05, 4.69) is 19.1 Å². The number of rotatable bonds is 13. The third-order valence-electron chi connectivity index (χ3n) is 1.59. The van der Waals surface area contributed by atoms with Gasteiger partial charge in [0.05, 0.1) is 19.8 Å². The van der Waals surface area contributed by atoms with Crippen LogP contribution in [0.15, 0.2) is 12.2 Å². The van der Waals surface area contributed by atoms with Gasteiger partial charge in [-0.25, -0.2) is 14.3 Å². The molecule has 9 heteroatoms. The molecule has 0 aliphatic carbocycles. The zero-order chi connectivity index (χ0) is 14.4. The van der Waals surface area contributed by atoms with Crippen LogP contribution in [0.5, 0.6) is 0 Å². The van der Waals surface area contributed by atoms with E-state index in [1.165, 1.54) is 14.2 Å². The standard InChI is InChI=1S/C10H21O8P/c1-4-5-6-16-19(11,17-14-9-7-12-2)18-15-10-8-13-3/h4-5H,6-10H2,1-3H3. The SMILES string of the molecule is CC=CCOP(=O)(OOCCOC)OOCCOC. The average Bonchev–Trinajstić information content (AvgIpc) is 2.41. The number of hydrogen-bond donors (Lipinski definition) is 0. The lowest BCUT2D eigenvalue weighted by Gasteiger charge is -2.14. The van der Waals surface area contributed by atoms with Crippen molar-refractivity contribution in [3.8, 4) is 0 Å². The number of allylic oxidation sites excluding steroid dienone is 1. The van der Waals surface area contributed by atoms with Crippen LogP contribution in [0, 0.1) is 0 Å². The minimum absolute atomic E-state index is 0.0368. The third kappa shape index (κ3) is 11.2. The van der Waals surface area contributed by atoms with Gasteiger partial charge < -0.3 is 9.47 Å².